The molecule has 0 bridgehead atoms. The highest BCUT2D eigenvalue weighted by Crippen LogP contribution is 2.30. The number of ether oxygens (including phenoxy) is 2. The number of rotatable bonds is 8. The number of nitrogens with two attached hydrogens (primary N) is 1. The van der Waals surface area contributed by atoms with E-state index in [0.29, 0.717) is 23.9 Å². The first-order valence-corrected chi connectivity index (χ1v) is 11.4. The number of hydrogen-bond donors (Lipinski definition) is 3. The first kappa shape index (κ1) is 23.8. The highest BCUT2D eigenvalue weighted by molar-refractivity contribution is 7.89. The van der Waals surface area contributed by atoms with E-state index in [0.717, 1.165) is 0 Å². The summed E-state index contributed by atoms with van der Waals surface area (Å²) in [7, 11) is -2.47. The molecule has 3 rings (SSSR count). The summed E-state index contributed by atoms with van der Waals surface area (Å²) in [6, 6.07) is 8.85. The zero-order valence-electron chi connectivity index (χ0n) is 17.3. The second-order valence-electron chi connectivity index (χ2n) is 6.84. The van der Waals surface area contributed by atoms with Gasteiger partial charge in [-0.25, -0.2) is 8.42 Å². The van der Waals surface area contributed by atoms with Gasteiger partial charge in [-0.2, -0.15) is 4.31 Å². The number of amides is 2. The molecule has 1 aliphatic heterocycles. The molecule has 12 heteroatoms. The van der Waals surface area contributed by atoms with Gasteiger partial charge in [0.05, 0.1) is 32.4 Å². The Labute approximate surface area is 190 Å². The molecular formula is C20H23ClN4O6S. The Hall–Kier alpha value is -2.86. The van der Waals surface area contributed by atoms with Crippen molar-refractivity contribution in [1.82, 2.24) is 4.31 Å². The van der Waals surface area contributed by atoms with Gasteiger partial charge in [0.1, 0.15) is 10.6 Å². The maximum atomic E-state index is 13.1. The fourth-order valence-electron chi connectivity index (χ4n) is 3.14. The quantitative estimate of drug-likeness (QED) is 0.518. The van der Waals surface area contributed by atoms with Crippen molar-refractivity contribution in [2.75, 3.05) is 50.6 Å². The number of benzene rings is 2. The number of morpholine rings is 1. The van der Waals surface area contributed by atoms with Crippen LogP contribution < -0.4 is 21.1 Å². The van der Waals surface area contributed by atoms with Crippen molar-refractivity contribution in [3.63, 3.8) is 0 Å². The Bertz CT molecular complexity index is 1120. The molecule has 0 radical (unpaired) electrons. The van der Waals surface area contributed by atoms with Gasteiger partial charge in [0.15, 0.2) is 0 Å². The lowest BCUT2D eigenvalue weighted by Crippen LogP contribution is -2.40. The number of methoxy groups -OCH3 is 1. The van der Waals surface area contributed by atoms with Gasteiger partial charge < -0.3 is 25.8 Å². The Morgan fingerprint density at radius 2 is 1.91 bits per heavy atom. The van der Waals surface area contributed by atoms with Crippen LogP contribution in [0.5, 0.6) is 5.75 Å². The van der Waals surface area contributed by atoms with Crippen LogP contribution in [0.1, 0.15) is 10.4 Å². The van der Waals surface area contributed by atoms with Crippen molar-refractivity contribution in [1.29, 1.82) is 0 Å². The van der Waals surface area contributed by atoms with E-state index in [-0.39, 0.29) is 41.5 Å². The number of anilines is 2. The highest BCUT2D eigenvalue weighted by atomic mass is 35.5. The molecule has 0 aliphatic carbocycles. The third-order valence-electron chi connectivity index (χ3n) is 4.72. The van der Waals surface area contributed by atoms with Crippen LogP contribution in [0.3, 0.4) is 0 Å². The number of carbonyl (C=O) groups excluding carboxylic acids is 2. The number of hydrogen-bond acceptors (Lipinski definition) is 7. The summed E-state index contributed by atoms with van der Waals surface area (Å²) < 4.78 is 37.9. The van der Waals surface area contributed by atoms with Gasteiger partial charge >= 0.3 is 0 Å². The molecule has 2 amide bonds. The van der Waals surface area contributed by atoms with Crippen LogP contribution in [0.25, 0.3) is 0 Å². The molecule has 0 saturated carbocycles. The number of primary amides is 1. The fraction of sp³-hybridized carbons (Fsp3) is 0.300. The van der Waals surface area contributed by atoms with Crippen LogP contribution in [0.2, 0.25) is 5.02 Å². The molecule has 0 spiro atoms. The molecule has 0 atom stereocenters. The Morgan fingerprint density at radius 3 is 2.56 bits per heavy atom. The van der Waals surface area contributed by atoms with Crippen molar-refractivity contribution in [2.45, 2.75) is 4.90 Å². The average Bonchev–Trinajstić information content (AvgIpc) is 2.78. The summed E-state index contributed by atoms with van der Waals surface area (Å²) in [5, 5.41) is 5.79. The van der Waals surface area contributed by atoms with Gasteiger partial charge in [0.25, 0.3) is 5.91 Å². The van der Waals surface area contributed by atoms with Gasteiger partial charge in [-0.15, -0.1) is 0 Å². The minimum Gasteiger partial charge on any atom is -0.495 e. The molecule has 4 N–H and O–H groups in total. The van der Waals surface area contributed by atoms with Crippen molar-refractivity contribution in [2.24, 2.45) is 5.73 Å². The summed E-state index contributed by atoms with van der Waals surface area (Å²) in [6.07, 6.45) is 0. The predicted molar refractivity (Wildman–Crippen MR) is 120 cm³/mol. The molecule has 2 aromatic rings. The lowest BCUT2D eigenvalue weighted by Gasteiger charge is -2.26. The third kappa shape index (κ3) is 5.49. The van der Waals surface area contributed by atoms with Crippen molar-refractivity contribution in [3.05, 3.63) is 47.0 Å². The van der Waals surface area contributed by atoms with Crippen LogP contribution in [0.4, 0.5) is 11.4 Å². The first-order valence-electron chi connectivity index (χ1n) is 9.61. The zero-order chi connectivity index (χ0) is 23.3. The second-order valence-corrected chi connectivity index (χ2v) is 9.18. The summed E-state index contributed by atoms with van der Waals surface area (Å²) in [5.74, 6) is -0.987. The lowest BCUT2D eigenvalue weighted by atomic mass is 10.1. The van der Waals surface area contributed by atoms with E-state index in [1.54, 1.807) is 6.07 Å². The van der Waals surface area contributed by atoms with Gasteiger partial charge in [-0.05, 0) is 36.4 Å². The zero-order valence-corrected chi connectivity index (χ0v) is 18.8. The summed E-state index contributed by atoms with van der Waals surface area (Å²) in [4.78, 5) is 23.9. The fourth-order valence-corrected chi connectivity index (χ4v) is 4.90. The summed E-state index contributed by atoms with van der Waals surface area (Å²) in [6.45, 7) is 0.882. The van der Waals surface area contributed by atoms with Crippen LogP contribution >= 0.6 is 11.6 Å². The standard InChI is InChI=1S/C20H23ClN4O6S/c1-30-17-5-3-14(11-18(17)32(28,29)25-6-8-31-9-7-25)24-19(26)12-23-16-4-2-13(21)10-15(16)20(22)27/h2-5,10-11,23H,6-9,12H2,1H3,(H2,22,27)(H,24,26). The summed E-state index contributed by atoms with van der Waals surface area (Å²) >= 11 is 5.88. The highest BCUT2D eigenvalue weighted by Gasteiger charge is 2.29. The summed E-state index contributed by atoms with van der Waals surface area (Å²) in [5.41, 5.74) is 6.11. The van der Waals surface area contributed by atoms with Crippen LogP contribution in [0.15, 0.2) is 41.3 Å². The molecule has 1 heterocycles. The van der Waals surface area contributed by atoms with Crippen molar-refractivity contribution in [3.8, 4) is 5.75 Å². The van der Waals surface area contributed by atoms with E-state index in [2.05, 4.69) is 10.6 Å². The van der Waals surface area contributed by atoms with E-state index >= 15 is 0 Å². The van der Waals surface area contributed by atoms with Crippen LogP contribution in [-0.4, -0.2) is 64.5 Å². The van der Waals surface area contributed by atoms with Gasteiger partial charge in [-0.3, -0.25) is 9.59 Å². The minimum atomic E-state index is -3.84. The number of sulfonamides is 1. The Kier molecular flexibility index (Phi) is 7.56. The number of nitrogens with one attached hydrogen (secondary N) is 2. The molecule has 0 unspecified atom stereocenters. The number of halogens is 1. The maximum absolute atomic E-state index is 13.1. The monoisotopic (exact) mass is 482 g/mol. The smallest absolute Gasteiger partial charge is 0.250 e. The molecule has 1 fully saturated rings. The van der Waals surface area contributed by atoms with Crippen molar-refractivity contribution >= 4 is 44.8 Å². The number of nitrogens with zero attached hydrogens (tertiary/aromatic N) is 1. The molecule has 1 aliphatic rings. The Morgan fingerprint density at radius 1 is 1.19 bits per heavy atom. The molecule has 172 valence electrons. The third-order valence-corrected chi connectivity index (χ3v) is 6.88. The number of carbonyl (C=O) groups is 2. The molecule has 0 aromatic heterocycles. The Balaban J connectivity index is 1.75. The average molecular weight is 483 g/mol. The van der Waals surface area contributed by atoms with Gasteiger partial charge in [0.2, 0.25) is 15.9 Å². The maximum Gasteiger partial charge on any atom is 0.250 e. The SMILES string of the molecule is COc1ccc(NC(=O)CNc2ccc(Cl)cc2C(N)=O)cc1S(=O)(=O)N1CCOCC1. The molecule has 1 saturated heterocycles. The van der Waals surface area contributed by atoms with Gasteiger partial charge in [0, 0.05) is 29.5 Å². The molecule has 2 aromatic carbocycles. The van der Waals surface area contributed by atoms with Crippen LogP contribution in [0, 0.1) is 0 Å². The molecule has 32 heavy (non-hydrogen) atoms. The second kappa shape index (κ2) is 10.2. The normalized spacial score (nSPS) is 14.6. The van der Waals surface area contributed by atoms with E-state index in [1.165, 1.54) is 41.7 Å². The van der Waals surface area contributed by atoms with Crippen LogP contribution in [-0.2, 0) is 19.6 Å². The minimum absolute atomic E-state index is 0.0543. The lowest BCUT2D eigenvalue weighted by molar-refractivity contribution is -0.114. The van der Waals surface area contributed by atoms with E-state index in [9.17, 15) is 18.0 Å². The van der Waals surface area contributed by atoms with E-state index in [1.807, 2.05) is 0 Å². The van der Waals surface area contributed by atoms with E-state index in [4.69, 9.17) is 26.8 Å². The topological polar surface area (TPSA) is 140 Å². The van der Waals surface area contributed by atoms with Gasteiger partial charge in [-0.1, -0.05) is 11.6 Å². The van der Waals surface area contributed by atoms with E-state index < -0.39 is 21.8 Å². The van der Waals surface area contributed by atoms with Crippen molar-refractivity contribution < 1.29 is 27.5 Å². The largest absolute Gasteiger partial charge is 0.495 e. The first-order chi connectivity index (χ1) is 15.2. The predicted octanol–water partition coefficient (Wildman–Crippen LogP) is 1.52. The molecule has 10 nitrogen and oxygen atoms in total. The molecular weight excluding hydrogens is 460 g/mol.